The molecule has 2 aromatic rings. The lowest BCUT2D eigenvalue weighted by Crippen LogP contribution is -2.43. The lowest BCUT2D eigenvalue weighted by atomic mass is 9.86. The Morgan fingerprint density at radius 3 is 2.58 bits per heavy atom. The third-order valence-corrected chi connectivity index (χ3v) is 8.27. The van der Waals surface area contributed by atoms with Crippen molar-refractivity contribution in [1.29, 1.82) is 0 Å². The highest BCUT2D eigenvalue weighted by molar-refractivity contribution is 5.83. The minimum absolute atomic E-state index is 0.0906. The molecule has 4 heterocycles. The molecule has 2 aliphatic carbocycles. The van der Waals surface area contributed by atoms with Crippen LogP contribution in [0.1, 0.15) is 63.4 Å². The van der Waals surface area contributed by atoms with E-state index in [1.807, 2.05) is 0 Å². The maximum absolute atomic E-state index is 12.5. The molecule has 2 saturated heterocycles. The quantitative estimate of drug-likeness (QED) is 0.372. The lowest BCUT2D eigenvalue weighted by Gasteiger charge is -2.32. The average Bonchev–Trinajstić information content (AvgIpc) is 3.55. The van der Waals surface area contributed by atoms with E-state index in [2.05, 4.69) is 32.1 Å². The van der Waals surface area contributed by atoms with E-state index in [1.54, 1.807) is 4.90 Å². The third kappa shape index (κ3) is 5.56. The molecule has 2 aromatic heterocycles. The second kappa shape index (κ2) is 11.2. The molecule has 0 aromatic carbocycles. The number of carbonyl (C=O) groups excluding carboxylic acids is 2. The number of anilines is 1. The Morgan fingerprint density at radius 2 is 1.88 bits per heavy atom. The number of fused-ring (bicyclic) bond motifs is 1. The molecule has 0 spiro atoms. The topological polar surface area (TPSA) is 178 Å². The Kier molecular flexibility index (Phi) is 7.48. The van der Waals surface area contributed by atoms with Gasteiger partial charge in [0.2, 0.25) is 5.82 Å². The Hall–Kier alpha value is -3.47. The molecule has 40 heavy (non-hydrogen) atoms. The van der Waals surface area contributed by atoms with Crippen molar-refractivity contribution in [2.45, 2.75) is 81.9 Å². The Balaban J connectivity index is 1.08. The number of nitrogens with two attached hydrogens (primary N) is 1. The van der Waals surface area contributed by atoms with E-state index >= 15 is 0 Å². The van der Waals surface area contributed by atoms with Crippen molar-refractivity contribution in [2.75, 3.05) is 25.4 Å². The summed E-state index contributed by atoms with van der Waals surface area (Å²) >= 11 is 0. The van der Waals surface area contributed by atoms with E-state index in [4.69, 9.17) is 15.2 Å². The van der Waals surface area contributed by atoms with Crippen LogP contribution in [0.2, 0.25) is 0 Å². The molecule has 4 fully saturated rings. The van der Waals surface area contributed by atoms with Crippen LogP contribution in [0.3, 0.4) is 0 Å². The van der Waals surface area contributed by atoms with Gasteiger partial charge < -0.3 is 35.6 Å². The van der Waals surface area contributed by atoms with Gasteiger partial charge in [0.25, 0.3) is 5.91 Å². The van der Waals surface area contributed by atoms with Crippen LogP contribution in [-0.2, 0) is 14.3 Å². The monoisotopic (exact) mass is 553 g/mol. The van der Waals surface area contributed by atoms with Gasteiger partial charge in [0.1, 0.15) is 17.7 Å². The highest BCUT2D eigenvalue weighted by atomic mass is 16.6. The van der Waals surface area contributed by atoms with Crippen molar-refractivity contribution < 1.29 is 29.3 Å². The summed E-state index contributed by atoms with van der Waals surface area (Å²) in [4.78, 5) is 39.5. The fourth-order valence-electron chi connectivity index (χ4n) is 5.33. The molecule has 0 radical (unpaired) electrons. The number of aromatic nitrogens is 4. The van der Waals surface area contributed by atoms with E-state index in [-0.39, 0.29) is 29.4 Å². The second-order valence-corrected chi connectivity index (χ2v) is 11.3. The Labute approximate surface area is 231 Å². The van der Waals surface area contributed by atoms with Gasteiger partial charge in [0.05, 0.1) is 12.9 Å². The van der Waals surface area contributed by atoms with Crippen LogP contribution in [0.15, 0.2) is 6.33 Å². The van der Waals surface area contributed by atoms with Crippen molar-refractivity contribution in [1.82, 2.24) is 29.7 Å². The summed E-state index contributed by atoms with van der Waals surface area (Å²) in [5, 5.41) is 23.9. The zero-order valence-corrected chi connectivity index (χ0v) is 22.2. The number of piperidine rings is 1. The molecule has 4 atom stereocenters. The highest BCUT2D eigenvalue weighted by Crippen LogP contribution is 2.33. The third-order valence-electron chi connectivity index (χ3n) is 8.27. The van der Waals surface area contributed by atoms with E-state index in [9.17, 15) is 19.8 Å². The molecule has 13 nitrogen and oxygen atoms in total. The number of aliphatic hydroxyl groups excluding tert-OH is 2. The summed E-state index contributed by atoms with van der Waals surface area (Å²) < 4.78 is 12.7. The fraction of sp³-hybridized carbons (Fsp3) is 0.667. The van der Waals surface area contributed by atoms with Crippen molar-refractivity contribution in [3.8, 4) is 11.8 Å². The normalized spacial score (nSPS) is 27.2. The van der Waals surface area contributed by atoms with Gasteiger partial charge >= 0.3 is 6.09 Å². The van der Waals surface area contributed by atoms with Crippen LogP contribution >= 0.6 is 0 Å². The predicted molar refractivity (Wildman–Crippen MR) is 141 cm³/mol. The first-order chi connectivity index (χ1) is 19.4. The van der Waals surface area contributed by atoms with Gasteiger partial charge in [0.15, 0.2) is 23.8 Å². The minimum atomic E-state index is -1.41. The minimum Gasteiger partial charge on any atom is -0.449 e. The van der Waals surface area contributed by atoms with Gasteiger partial charge in [-0.15, -0.1) is 0 Å². The first-order valence-electron chi connectivity index (χ1n) is 14.1. The number of nitrogens with zero attached hydrogens (tertiary/aromatic N) is 5. The van der Waals surface area contributed by atoms with Crippen LogP contribution in [0.4, 0.5) is 10.6 Å². The van der Waals surface area contributed by atoms with E-state index in [0.29, 0.717) is 43.5 Å². The summed E-state index contributed by atoms with van der Waals surface area (Å²) in [6.07, 6.45) is 3.71. The summed E-state index contributed by atoms with van der Waals surface area (Å²) in [5.41, 5.74) is 6.71. The zero-order chi connectivity index (χ0) is 27.8. The SMILES string of the molecule is Nc1nc(C#CCC2CCN(C(=O)OCC3CCC3)CC2)nc2c1ncn2C1OC(C(=O)NC2CC2)C(O)C1O. The number of imidazole rings is 1. The molecule has 6 rings (SSSR count). The fourth-order valence-corrected chi connectivity index (χ4v) is 5.33. The maximum Gasteiger partial charge on any atom is 0.409 e. The standard InChI is InChI=1S/C27H35N7O6/c28-23-19-24(34(14-29-19)26-21(36)20(35)22(40-26)25(37)30-17-7-8-17)32-18(31-23)6-2-3-15-9-11-33(12-10-15)27(38)39-13-16-4-1-5-16/h14-17,20-22,26,35-36H,1,3-5,7-13H2,(H,30,37)(H2,28,31,32). The van der Waals surface area contributed by atoms with Crippen LogP contribution in [-0.4, -0.2) is 90.7 Å². The van der Waals surface area contributed by atoms with Crippen LogP contribution in [0.5, 0.6) is 0 Å². The number of carbonyl (C=O) groups is 2. The number of likely N-dealkylation sites (tertiary alicyclic amines) is 1. The van der Waals surface area contributed by atoms with Crippen molar-refractivity contribution in [2.24, 2.45) is 11.8 Å². The lowest BCUT2D eigenvalue weighted by molar-refractivity contribution is -0.137. The van der Waals surface area contributed by atoms with Gasteiger partial charge in [0, 0.05) is 25.6 Å². The number of hydrogen-bond acceptors (Lipinski definition) is 10. The summed E-state index contributed by atoms with van der Waals surface area (Å²) in [6.45, 7) is 1.83. The zero-order valence-electron chi connectivity index (χ0n) is 22.2. The predicted octanol–water partition coefficient (Wildman–Crippen LogP) is 0.697. The molecule has 214 valence electrons. The van der Waals surface area contributed by atoms with Crippen LogP contribution < -0.4 is 11.1 Å². The number of nitrogens with one attached hydrogen (secondary N) is 1. The smallest absolute Gasteiger partial charge is 0.409 e. The molecule has 4 unspecified atom stereocenters. The maximum atomic E-state index is 12.5. The number of ether oxygens (including phenoxy) is 2. The Bertz CT molecular complexity index is 1320. The van der Waals surface area contributed by atoms with E-state index in [0.717, 1.165) is 38.5 Å². The molecule has 13 heteroatoms. The van der Waals surface area contributed by atoms with Crippen molar-refractivity contribution in [3.05, 3.63) is 12.2 Å². The van der Waals surface area contributed by atoms with Gasteiger partial charge in [-0.05, 0) is 56.3 Å². The van der Waals surface area contributed by atoms with Gasteiger partial charge in [-0.2, -0.15) is 0 Å². The van der Waals surface area contributed by atoms with E-state index < -0.39 is 30.4 Å². The molecule has 2 amide bonds. The number of hydrogen-bond donors (Lipinski definition) is 4. The van der Waals surface area contributed by atoms with Gasteiger partial charge in [-0.3, -0.25) is 9.36 Å². The average molecular weight is 554 g/mol. The molecule has 2 saturated carbocycles. The number of aliphatic hydroxyl groups is 2. The second-order valence-electron chi connectivity index (χ2n) is 11.3. The van der Waals surface area contributed by atoms with Crippen molar-refractivity contribution >= 4 is 29.0 Å². The van der Waals surface area contributed by atoms with Gasteiger partial charge in [-0.1, -0.05) is 12.3 Å². The van der Waals surface area contributed by atoms with Crippen molar-refractivity contribution in [3.63, 3.8) is 0 Å². The van der Waals surface area contributed by atoms with E-state index in [1.165, 1.54) is 17.3 Å². The molecular weight excluding hydrogens is 518 g/mol. The summed E-state index contributed by atoms with van der Waals surface area (Å²) in [5.74, 6) is 6.84. The van der Waals surface area contributed by atoms with Gasteiger partial charge in [-0.25, -0.2) is 19.7 Å². The molecule has 2 aliphatic heterocycles. The Morgan fingerprint density at radius 1 is 1.10 bits per heavy atom. The number of amides is 2. The number of nitrogen functional groups attached to an aromatic ring is 1. The molecule has 4 aliphatic rings. The first kappa shape index (κ1) is 26.7. The number of rotatable bonds is 6. The van der Waals surface area contributed by atoms with Crippen LogP contribution in [0.25, 0.3) is 11.2 Å². The van der Waals surface area contributed by atoms with Crippen LogP contribution in [0, 0.1) is 23.7 Å². The summed E-state index contributed by atoms with van der Waals surface area (Å²) in [6, 6.07) is 0.0906. The highest BCUT2D eigenvalue weighted by Gasteiger charge is 2.48. The largest absolute Gasteiger partial charge is 0.449 e. The molecular formula is C27H35N7O6. The summed E-state index contributed by atoms with van der Waals surface area (Å²) in [7, 11) is 0. The molecule has 5 N–H and O–H groups in total. The molecule has 0 bridgehead atoms. The first-order valence-corrected chi connectivity index (χ1v) is 14.1.